The Bertz CT molecular complexity index is 523. The van der Waals surface area contributed by atoms with Gasteiger partial charge in [-0.3, -0.25) is 0 Å². The normalized spacial score (nSPS) is 12.1. The first kappa shape index (κ1) is 13.4. The third-order valence-corrected chi connectivity index (χ3v) is 2.96. The lowest BCUT2D eigenvalue weighted by Gasteiger charge is -2.14. The zero-order valence-electron chi connectivity index (χ0n) is 11.0. The number of benzene rings is 2. The molecular formula is C16H19NO2. The molecule has 0 saturated heterocycles. The molecule has 0 aliphatic heterocycles. The first-order valence-electron chi connectivity index (χ1n) is 6.47. The van der Waals surface area contributed by atoms with Gasteiger partial charge in [-0.25, -0.2) is 0 Å². The van der Waals surface area contributed by atoms with Gasteiger partial charge in [-0.1, -0.05) is 37.3 Å². The maximum atomic E-state index is 10.3. The van der Waals surface area contributed by atoms with Crippen LogP contribution in [0.5, 0.6) is 5.75 Å². The largest absolute Gasteiger partial charge is 0.494 e. The van der Waals surface area contributed by atoms with Gasteiger partial charge in [0.2, 0.25) is 0 Å². The number of nitrogen functional groups attached to an aromatic ring is 1. The first-order chi connectivity index (χ1) is 9.22. The molecule has 0 amide bonds. The van der Waals surface area contributed by atoms with Gasteiger partial charge in [-0.15, -0.1) is 0 Å². The lowest BCUT2D eigenvalue weighted by molar-refractivity contribution is 0.221. The molecule has 0 aromatic heterocycles. The highest BCUT2D eigenvalue weighted by atomic mass is 16.5. The van der Waals surface area contributed by atoms with Crippen LogP contribution in [0.3, 0.4) is 0 Å². The first-order valence-corrected chi connectivity index (χ1v) is 6.47. The van der Waals surface area contributed by atoms with Crippen LogP contribution in [0.25, 0.3) is 0 Å². The summed E-state index contributed by atoms with van der Waals surface area (Å²) >= 11 is 0. The molecule has 3 N–H and O–H groups in total. The van der Waals surface area contributed by atoms with Gasteiger partial charge < -0.3 is 15.6 Å². The van der Waals surface area contributed by atoms with E-state index in [1.165, 1.54) is 0 Å². The molecule has 0 aliphatic rings. The summed E-state index contributed by atoms with van der Waals surface area (Å²) in [4.78, 5) is 0. The fourth-order valence-electron chi connectivity index (χ4n) is 1.91. The van der Waals surface area contributed by atoms with E-state index in [2.05, 4.69) is 6.92 Å². The van der Waals surface area contributed by atoms with Crippen LogP contribution in [0.15, 0.2) is 48.5 Å². The predicted molar refractivity (Wildman–Crippen MR) is 77.1 cm³/mol. The van der Waals surface area contributed by atoms with Crippen molar-refractivity contribution in [3.05, 3.63) is 59.7 Å². The van der Waals surface area contributed by atoms with E-state index in [1.807, 2.05) is 42.5 Å². The SMILES string of the molecule is CCCOc1ccc(C(O)c2ccccc2N)cc1. The van der Waals surface area contributed by atoms with Gasteiger partial charge in [0.15, 0.2) is 0 Å². The smallest absolute Gasteiger partial charge is 0.119 e. The second-order valence-electron chi connectivity index (χ2n) is 4.45. The third-order valence-electron chi connectivity index (χ3n) is 2.96. The van der Waals surface area contributed by atoms with Crippen molar-refractivity contribution < 1.29 is 9.84 Å². The maximum Gasteiger partial charge on any atom is 0.119 e. The van der Waals surface area contributed by atoms with Crippen LogP contribution in [-0.4, -0.2) is 11.7 Å². The highest BCUT2D eigenvalue weighted by Crippen LogP contribution is 2.27. The molecule has 2 aromatic rings. The monoisotopic (exact) mass is 257 g/mol. The number of nitrogens with two attached hydrogens (primary N) is 1. The van der Waals surface area contributed by atoms with Crippen molar-refractivity contribution in [3.8, 4) is 5.75 Å². The lowest BCUT2D eigenvalue weighted by atomic mass is 10.00. The molecule has 1 unspecified atom stereocenters. The van der Waals surface area contributed by atoms with Crippen LogP contribution < -0.4 is 10.5 Å². The Morgan fingerprint density at radius 3 is 2.42 bits per heavy atom. The van der Waals surface area contributed by atoms with Gasteiger partial charge >= 0.3 is 0 Å². The molecule has 2 aromatic carbocycles. The van der Waals surface area contributed by atoms with Crippen LogP contribution in [0.4, 0.5) is 5.69 Å². The maximum absolute atomic E-state index is 10.3. The number of para-hydroxylation sites is 1. The minimum Gasteiger partial charge on any atom is -0.494 e. The van der Waals surface area contributed by atoms with Crippen LogP contribution in [0, 0.1) is 0 Å². The number of aliphatic hydroxyl groups is 1. The molecule has 1 atom stereocenters. The summed E-state index contributed by atoms with van der Waals surface area (Å²) in [6.07, 6.45) is 0.270. The third kappa shape index (κ3) is 3.26. The number of anilines is 1. The highest BCUT2D eigenvalue weighted by Gasteiger charge is 2.12. The summed E-state index contributed by atoms with van der Waals surface area (Å²) in [6.45, 7) is 2.77. The van der Waals surface area contributed by atoms with Crippen molar-refractivity contribution in [1.29, 1.82) is 0 Å². The van der Waals surface area contributed by atoms with Crippen molar-refractivity contribution >= 4 is 5.69 Å². The summed E-state index contributed by atoms with van der Waals surface area (Å²) in [5.74, 6) is 0.818. The topological polar surface area (TPSA) is 55.5 Å². The summed E-state index contributed by atoms with van der Waals surface area (Å²) < 4.78 is 5.51. The van der Waals surface area contributed by atoms with Gasteiger partial charge in [0.25, 0.3) is 0 Å². The van der Waals surface area contributed by atoms with E-state index in [4.69, 9.17) is 10.5 Å². The molecule has 0 aliphatic carbocycles. The molecule has 0 heterocycles. The predicted octanol–water partition coefficient (Wildman–Crippen LogP) is 3.14. The van der Waals surface area contributed by atoms with Gasteiger partial charge in [0.05, 0.1) is 6.61 Å². The van der Waals surface area contributed by atoms with Crippen LogP contribution >= 0.6 is 0 Å². The molecule has 0 bridgehead atoms. The number of hydrogen-bond acceptors (Lipinski definition) is 3. The zero-order chi connectivity index (χ0) is 13.7. The van der Waals surface area contributed by atoms with Crippen molar-refractivity contribution in [3.63, 3.8) is 0 Å². The van der Waals surface area contributed by atoms with Crippen molar-refractivity contribution in [2.45, 2.75) is 19.4 Å². The molecule has 19 heavy (non-hydrogen) atoms. The van der Waals surface area contributed by atoms with Gasteiger partial charge in [-0.2, -0.15) is 0 Å². The van der Waals surface area contributed by atoms with E-state index in [0.29, 0.717) is 12.3 Å². The molecule has 2 rings (SSSR count). The molecule has 0 fully saturated rings. The molecule has 3 nitrogen and oxygen atoms in total. The Labute approximate surface area is 113 Å². The molecule has 0 saturated carbocycles. The fourth-order valence-corrected chi connectivity index (χ4v) is 1.91. The second-order valence-corrected chi connectivity index (χ2v) is 4.45. The molecule has 0 radical (unpaired) electrons. The highest BCUT2D eigenvalue weighted by molar-refractivity contribution is 5.50. The average Bonchev–Trinajstić information content (AvgIpc) is 2.45. The standard InChI is InChI=1S/C16H19NO2/c1-2-11-19-13-9-7-12(8-10-13)16(18)14-5-3-4-6-15(14)17/h3-10,16,18H,2,11,17H2,1H3. The van der Waals surface area contributed by atoms with E-state index in [-0.39, 0.29) is 0 Å². The number of aliphatic hydroxyl groups excluding tert-OH is 1. The van der Waals surface area contributed by atoms with Gasteiger partial charge in [0.1, 0.15) is 11.9 Å². The Hall–Kier alpha value is -2.00. The Balaban J connectivity index is 2.16. The van der Waals surface area contributed by atoms with Gasteiger partial charge in [-0.05, 0) is 30.2 Å². The quantitative estimate of drug-likeness (QED) is 0.809. The number of rotatable bonds is 5. The number of ether oxygens (including phenoxy) is 1. The van der Waals surface area contributed by atoms with E-state index < -0.39 is 6.10 Å². The number of hydrogen-bond donors (Lipinski definition) is 2. The fraction of sp³-hybridized carbons (Fsp3) is 0.250. The van der Waals surface area contributed by atoms with E-state index in [9.17, 15) is 5.11 Å². The van der Waals surface area contributed by atoms with Crippen LogP contribution in [-0.2, 0) is 0 Å². The van der Waals surface area contributed by atoms with Gasteiger partial charge in [0, 0.05) is 11.3 Å². The van der Waals surface area contributed by atoms with Crippen molar-refractivity contribution in [1.82, 2.24) is 0 Å². The van der Waals surface area contributed by atoms with Crippen molar-refractivity contribution in [2.75, 3.05) is 12.3 Å². The molecule has 100 valence electrons. The second kappa shape index (κ2) is 6.25. The minimum atomic E-state index is -0.707. The summed E-state index contributed by atoms with van der Waals surface area (Å²) in [6, 6.07) is 14.8. The van der Waals surface area contributed by atoms with E-state index >= 15 is 0 Å². The summed E-state index contributed by atoms with van der Waals surface area (Å²) in [7, 11) is 0. The summed E-state index contributed by atoms with van der Waals surface area (Å²) in [5.41, 5.74) is 8.00. The van der Waals surface area contributed by atoms with E-state index in [0.717, 1.165) is 23.3 Å². The van der Waals surface area contributed by atoms with Crippen LogP contribution in [0.1, 0.15) is 30.6 Å². The van der Waals surface area contributed by atoms with Crippen molar-refractivity contribution in [2.24, 2.45) is 0 Å². The lowest BCUT2D eigenvalue weighted by Crippen LogP contribution is -2.03. The summed E-state index contributed by atoms with van der Waals surface area (Å²) in [5, 5.41) is 10.3. The Morgan fingerprint density at radius 1 is 1.11 bits per heavy atom. The minimum absolute atomic E-state index is 0.598. The van der Waals surface area contributed by atoms with Crippen LogP contribution in [0.2, 0.25) is 0 Å². The Kier molecular flexibility index (Phi) is 4.42. The Morgan fingerprint density at radius 2 is 1.79 bits per heavy atom. The zero-order valence-corrected chi connectivity index (χ0v) is 11.0. The molecule has 3 heteroatoms. The molecular weight excluding hydrogens is 238 g/mol. The average molecular weight is 257 g/mol. The molecule has 0 spiro atoms. The van der Waals surface area contributed by atoms with E-state index in [1.54, 1.807) is 6.07 Å².